The molecular weight excluding hydrogens is 397 g/mol. The predicted molar refractivity (Wildman–Crippen MR) is 97.3 cm³/mol. The number of nitrogens with one attached hydrogen (secondary N) is 1. The Morgan fingerprint density at radius 1 is 1.30 bits per heavy atom. The van der Waals surface area contributed by atoms with Crippen LogP contribution in [0.4, 0.5) is 4.39 Å². The van der Waals surface area contributed by atoms with E-state index in [0.717, 1.165) is 22.9 Å². The van der Waals surface area contributed by atoms with Gasteiger partial charge in [0, 0.05) is 31.5 Å². The molecule has 0 amide bonds. The fourth-order valence-corrected chi connectivity index (χ4v) is 3.69. The number of pyridine rings is 1. The summed E-state index contributed by atoms with van der Waals surface area (Å²) in [4.78, 5) is 16.1. The van der Waals surface area contributed by atoms with Crippen molar-refractivity contribution >= 4 is 21.6 Å². The van der Waals surface area contributed by atoms with Gasteiger partial charge in [0.1, 0.15) is 5.82 Å². The van der Waals surface area contributed by atoms with Crippen LogP contribution >= 0.6 is 11.6 Å². The van der Waals surface area contributed by atoms with E-state index in [1.165, 1.54) is 4.57 Å². The lowest BCUT2D eigenvalue weighted by atomic mass is 10.3. The lowest BCUT2D eigenvalue weighted by Gasteiger charge is -2.07. The van der Waals surface area contributed by atoms with Gasteiger partial charge in [-0.3, -0.25) is 9.55 Å². The Kier molecular flexibility index (Phi) is 5.40. The molecule has 0 atom stereocenters. The van der Waals surface area contributed by atoms with Gasteiger partial charge in [0.25, 0.3) is 0 Å². The van der Waals surface area contributed by atoms with E-state index in [1.54, 1.807) is 31.6 Å². The third-order valence-corrected chi connectivity index (χ3v) is 5.53. The van der Waals surface area contributed by atoms with E-state index in [0.29, 0.717) is 11.4 Å². The smallest absolute Gasteiger partial charge is 0.278 e. The van der Waals surface area contributed by atoms with Gasteiger partial charge in [-0.1, -0.05) is 11.6 Å². The van der Waals surface area contributed by atoms with Crippen LogP contribution in [0, 0.1) is 5.82 Å². The van der Waals surface area contributed by atoms with Gasteiger partial charge in [-0.25, -0.2) is 27.0 Å². The quantitative estimate of drug-likeness (QED) is 0.661. The number of nitrogens with zero attached hydrogens (tertiary/aromatic N) is 4. The molecule has 8 nitrogen and oxygen atoms in total. The maximum Gasteiger partial charge on any atom is 0.345 e. The zero-order valence-electron chi connectivity index (χ0n) is 14.1. The molecule has 0 bridgehead atoms. The molecule has 2 aromatic heterocycles. The largest absolute Gasteiger partial charge is 0.345 e. The molecule has 0 fully saturated rings. The predicted octanol–water partition coefficient (Wildman–Crippen LogP) is 1.41. The summed E-state index contributed by atoms with van der Waals surface area (Å²) in [5, 5.41) is 3.93. The lowest BCUT2D eigenvalue weighted by Crippen LogP contribution is -2.31. The van der Waals surface area contributed by atoms with Crippen LogP contribution in [0.5, 0.6) is 0 Å². The van der Waals surface area contributed by atoms with Gasteiger partial charge in [0.2, 0.25) is 10.0 Å². The summed E-state index contributed by atoms with van der Waals surface area (Å²) < 4.78 is 42.5. The summed E-state index contributed by atoms with van der Waals surface area (Å²) in [7, 11) is -2.33. The molecule has 0 spiro atoms. The van der Waals surface area contributed by atoms with Crippen molar-refractivity contribution in [3.8, 4) is 11.4 Å². The topological polar surface area (TPSA) is 98.9 Å². The zero-order valence-corrected chi connectivity index (χ0v) is 15.7. The first-order chi connectivity index (χ1) is 12.8. The molecule has 11 heteroatoms. The van der Waals surface area contributed by atoms with E-state index in [1.807, 2.05) is 0 Å². The first kappa shape index (κ1) is 19.2. The molecule has 0 aliphatic rings. The number of sulfonamides is 1. The molecule has 0 radical (unpaired) electrons. The van der Waals surface area contributed by atoms with E-state index >= 15 is 0 Å². The zero-order chi connectivity index (χ0) is 19.6. The second-order valence-electron chi connectivity index (χ2n) is 5.60. The highest BCUT2D eigenvalue weighted by atomic mass is 35.5. The highest BCUT2D eigenvalue weighted by Gasteiger charge is 2.17. The van der Waals surface area contributed by atoms with Crippen molar-refractivity contribution in [3.63, 3.8) is 0 Å². The van der Waals surface area contributed by atoms with E-state index < -0.39 is 21.5 Å². The summed E-state index contributed by atoms with van der Waals surface area (Å²) in [5.74, 6) is -0.292. The van der Waals surface area contributed by atoms with Crippen LogP contribution in [0.25, 0.3) is 11.4 Å². The minimum Gasteiger partial charge on any atom is -0.278 e. The summed E-state index contributed by atoms with van der Waals surface area (Å²) in [6.07, 6.45) is 3.18. The number of benzene rings is 1. The van der Waals surface area contributed by atoms with Gasteiger partial charge >= 0.3 is 5.69 Å². The highest BCUT2D eigenvalue weighted by Crippen LogP contribution is 2.19. The molecule has 0 aliphatic carbocycles. The number of rotatable bonds is 6. The molecule has 0 aliphatic heterocycles. The monoisotopic (exact) mass is 411 g/mol. The maximum absolute atomic E-state index is 13.2. The van der Waals surface area contributed by atoms with Crippen LogP contribution in [0.2, 0.25) is 5.02 Å². The van der Waals surface area contributed by atoms with Gasteiger partial charge in [0.15, 0.2) is 5.82 Å². The highest BCUT2D eigenvalue weighted by molar-refractivity contribution is 7.89. The molecule has 142 valence electrons. The van der Waals surface area contributed by atoms with E-state index in [-0.39, 0.29) is 23.0 Å². The van der Waals surface area contributed by atoms with Crippen molar-refractivity contribution in [3.05, 3.63) is 64.0 Å². The Balaban J connectivity index is 1.74. The maximum atomic E-state index is 13.2. The van der Waals surface area contributed by atoms with Crippen LogP contribution in [0.15, 0.2) is 52.4 Å². The first-order valence-electron chi connectivity index (χ1n) is 7.78. The number of hydrogen-bond donors (Lipinski definition) is 1. The Hall–Kier alpha value is -2.56. The first-order valence-corrected chi connectivity index (χ1v) is 9.64. The molecule has 3 aromatic rings. The summed E-state index contributed by atoms with van der Waals surface area (Å²) in [5.41, 5.74) is 0.273. The Bertz CT molecular complexity index is 1130. The molecule has 1 aromatic carbocycles. The molecule has 2 heterocycles. The third-order valence-electron chi connectivity index (χ3n) is 3.78. The minimum atomic E-state index is -3.90. The van der Waals surface area contributed by atoms with E-state index in [9.17, 15) is 17.6 Å². The van der Waals surface area contributed by atoms with Gasteiger partial charge in [-0.05, 0) is 30.3 Å². The second-order valence-corrected chi connectivity index (χ2v) is 7.78. The summed E-state index contributed by atoms with van der Waals surface area (Å²) >= 11 is 5.62. The van der Waals surface area contributed by atoms with Crippen LogP contribution < -0.4 is 10.4 Å². The molecule has 3 rings (SSSR count). The SMILES string of the molecule is Cn1c(-c2cccnc2)nn(CCNS(=O)(=O)c2ccc(F)c(Cl)c2)c1=O. The van der Waals surface area contributed by atoms with Crippen LogP contribution in [-0.4, -0.2) is 34.3 Å². The Morgan fingerprint density at radius 2 is 2.07 bits per heavy atom. The molecule has 0 saturated carbocycles. The van der Waals surface area contributed by atoms with Gasteiger partial charge in [-0.2, -0.15) is 0 Å². The minimum absolute atomic E-state index is 0.0150. The second kappa shape index (κ2) is 7.59. The van der Waals surface area contributed by atoms with Crippen molar-refractivity contribution in [1.29, 1.82) is 0 Å². The fraction of sp³-hybridized carbons (Fsp3) is 0.188. The van der Waals surface area contributed by atoms with Crippen molar-refractivity contribution in [2.24, 2.45) is 7.05 Å². The third kappa shape index (κ3) is 4.07. The molecule has 0 unspecified atom stereocenters. The average Bonchev–Trinajstić information content (AvgIpc) is 2.93. The fourth-order valence-electron chi connectivity index (χ4n) is 2.39. The number of aromatic nitrogens is 4. The van der Waals surface area contributed by atoms with Gasteiger partial charge < -0.3 is 0 Å². The molecule has 0 saturated heterocycles. The summed E-state index contributed by atoms with van der Waals surface area (Å²) in [6, 6.07) is 6.59. The number of halogens is 2. The van der Waals surface area contributed by atoms with Crippen molar-refractivity contribution in [2.75, 3.05) is 6.54 Å². The van der Waals surface area contributed by atoms with Gasteiger partial charge in [0.05, 0.1) is 16.5 Å². The van der Waals surface area contributed by atoms with Gasteiger partial charge in [-0.15, -0.1) is 5.10 Å². The van der Waals surface area contributed by atoms with Crippen LogP contribution in [-0.2, 0) is 23.6 Å². The van der Waals surface area contributed by atoms with E-state index in [4.69, 9.17) is 11.6 Å². The Labute approximate surface area is 159 Å². The summed E-state index contributed by atoms with van der Waals surface area (Å²) in [6.45, 7) is -0.0676. The molecule has 1 N–H and O–H groups in total. The Morgan fingerprint density at radius 3 is 2.74 bits per heavy atom. The van der Waals surface area contributed by atoms with Crippen LogP contribution in [0.1, 0.15) is 0 Å². The van der Waals surface area contributed by atoms with Crippen molar-refractivity contribution < 1.29 is 12.8 Å². The van der Waals surface area contributed by atoms with Crippen molar-refractivity contribution in [1.82, 2.24) is 24.1 Å². The molecule has 27 heavy (non-hydrogen) atoms. The lowest BCUT2D eigenvalue weighted by molar-refractivity contribution is 0.550. The normalized spacial score (nSPS) is 11.7. The molecular formula is C16H15ClFN5O3S. The van der Waals surface area contributed by atoms with E-state index in [2.05, 4.69) is 14.8 Å². The standard InChI is InChI=1S/C16H15ClFN5O3S/c1-22-15(11-3-2-6-19-10-11)21-23(16(22)24)8-7-20-27(25,26)12-4-5-14(18)13(17)9-12/h2-6,9-10,20H,7-8H2,1H3. The van der Waals surface area contributed by atoms with Crippen molar-refractivity contribution in [2.45, 2.75) is 11.4 Å². The average molecular weight is 412 g/mol. The number of hydrogen-bond acceptors (Lipinski definition) is 5. The van der Waals surface area contributed by atoms with Crippen LogP contribution in [0.3, 0.4) is 0 Å².